The van der Waals surface area contributed by atoms with Crippen molar-refractivity contribution in [2.24, 2.45) is 7.05 Å². The van der Waals surface area contributed by atoms with Gasteiger partial charge in [-0.25, -0.2) is 4.79 Å². The summed E-state index contributed by atoms with van der Waals surface area (Å²) in [6.45, 7) is 1.82. The van der Waals surface area contributed by atoms with Crippen molar-refractivity contribution in [1.29, 1.82) is 0 Å². The van der Waals surface area contributed by atoms with Gasteiger partial charge in [0, 0.05) is 12.4 Å². The number of nitrogens with zero attached hydrogens (tertiary/aromatic N) is 1. The number of carbonyl (C=O) groups is 1. The lowest BCUT2D eigenvalue weighted by Crippen LogP contribution is -2.24. The Kier molecular flexibility index (Phi) is 2.38. The quantitative estimate of drug-likeness (QED) is 0.776. The molecule has 5 nitrogen and oxygen atoms in total. The number of carboxylic acid groups (broad SMARTS) is 1. The predicted octanol–water partition coefficient (Wildman–Crippen LogP) is 1.25. The second-order valence-corrected chi connectivity index (χ2v) is 3.91. The summed E-state index contributed by atoms with van der Waals surface area (Å²) in [4.78, 5) is 22.7. The minimum atomic E-state index is -1.42. The maximum atomic E-state index is 11.8. The average Bonchev–Trinajstić information content (AvgIpc) is 2.26. The molecule has 0 radical (unpaired) electrons. The van der Waals surface area contributed by atoms with Crippen LogP contribution in [-0.4, -0.2) is 20.7 Å². The monoisotopic (exact) mass is 233 g/mol. The number of aryl methyl sites for hydroxylation is 2. The second kappa shape index (κ2) is 3.62. The highest BCUT2D eigenvalue weighted by atomic mass is 16.4. The second-order valence-electron chi connectivity index (χ2n) is 3.91. The molecule has 0 aliphatic heterocycles. The summed E-state index contributed by atoms with van der Waals surface area (Å²) in [6.07, 6.45) is 0. The Bertz CT molecular complexity index is 685. The topological polar surface area (TPSA) is 79.5 Å². The molecule has 0 amide bonds. The van der Waals surface area contributed by atoms with Crippen LogP contribution in [0.1, 0.15) is 15.9 Å². The third-order valence-electron chi connectivity index (χ3n) is 2.74. The van der Waals surface area contributed by atoms with E-state index in [1.165, 1.54) is 11.6 Å². The van der Waals surface area contributed by atoms with E-state index in [0.717, 1.165) is 5.56 Å². The number of hydrogen-bond donors (Lipinski definition) is 2. The SMILES string of the molecule is Cc1ccc2c(c1)c(O)c(C(=O)O)c(=O)n2C. The van der Waals surface area contributed by atoms with Gasteiger partial charge in [-0.1, -0.05) is 11.6 Å². The fourth-order valence-electron chi connectivity index (χ4n) is 1.84. The van der Waals surface area contributed by atoms with Crippen molar-refractivity contribution in [3.63, 3.8) is 0 Å². The van der Waals surface area contributed by atoms with E-state index < -0.39 is 22.8 Å². The maximum absolute atomic E-state index is 11.8. The number of aromatic nitrogens is 1. The smallest absolute Gasteiger partial charge is 0.345 e. The van der Waals surface area contributed by atoms with Crippen molar-refractivity contribution in [3.8, 4) is 5.75 Å². The number of carboxylic acids is 1. The normalized spacial score (nSPS) is 10.7. The first-order valence-electron chi connectivity index (χ1n) is 4.99. The van der Waals surface area contributed by atoms with Crippen LogP contribution in [0.2, 0.25) is 0 Å². The summed E-state index contributed by atoms with van der Waals surface area (Å²) in [7, 11) is 1.48. The number of aromatic carboxylic acids is 1. The Morgan fingerprint density at radius 1 is 1.35 bits per heavy atom. The van der Waals surface area contributed by atoms with Gasteiger partial charge in [-0.15, -0.1) is 0 Å². The van der Waals surface area contributed by atoms with Gasteiger partial charge >= 0.3 is 5.97 Å². The van der Waals surface area contributed by atoms with Crippen molar-refractivity contribution in [3.05, 3.63) is 39.7 Å². The van der Waals surface area contributed by atoms with Crippen LogP contribution in [0, 0.1) is 6.92 Å². The van der Waals surface area contributed by atoms with Crippen LogP contribution < -0.4 is 5.56 Å². The van der Waals surface area contributed by atoms with Crippen LogP contribution in [0.3, 0.4) is 0 Å². The molecule has 0 bridgehead atoms. The molecule has 0 fully saturated rings. The Morgan fingerprint density at radius 3 is 2.59 bits per heavy atom. The summed E-state index contributed by atoms with van der Waals surface area (Å²) < 4.78 is 1.22. The third kappa shape index (κ3) is 1.56. The van der Waals surface area contributed by atoms with Crippen LogP contribution in [0.15, 0.2) is 23.0 Å². The lowest BCUT2D eigenvalue weighted by Gasteiger charge is -2.09. The molecule has 1 heterocycles. The molecule has 2 N–H and O–H groups in total. The highest BCUT2D eigenvalue weighted by Gasteiger charge is 2.20. The average molecular weight is 233 g/mol. The minimum Gasteiger partial charge on any atom is -0.506 e. The van der Waals surface area contributed by atoms with E-state index in [9.17, 15) is 14.7 Å². The molecule has 0 atom stereocenters. The lowest BCUT2D eigenvalue weighted by atomic mass is 10.1. The molecular formula is C12H11NO4. The van der Waals surface area contributed by atoms with Crippen LogP contribution in [0.4, 0.5) is 0 Å². The number of rotatable bonds is 1. The minimum absolute atomic E-state index is 0.365. The van der Waals surface area contributed by atoms with Crippen molar-refractivity contribution in [1.82, 2.24) is 4.57 Å². The Morgan fingerprint density at radius 2 is 2.00 bits per heavy atom. The summed E-state index contributed by atoms with van der Waals surface area (Å²) in [5.74, 6) is -1.90. The van der Waals surface area contributed by atoms with Gasteiger partial charge in [0.05, 0.1) is 5.52 Å². The predicted molar refractivity (Wildman–Crippen MR) is 62.6 cm³/mol. The van der Waals surface area contributed by atoms with Gasteiger partial charge in [0.1, 0.15) is 5.75 Å². The van der Waals surface area contributed by atoms with E-state index in [-0.39, 0.29) is 0 Å². The first-order valence-corrected chi connectivity index (χ1v) is 4.99. The fraction of sp³-hybridized carbons (Fsp3) is 0.167. The van der Waals surface area contributed by atoms with E-state index >= 15 is 0 Å². The standard InChI is InChI=1S/C12H11NO4/c1-6-3-4-8-7(5-6)10(14)9(12(16)17)11(15)13(8)2/h3-5,14H,1-2H3,(H,16,17). The summed E-state index contributed by atoms with van der Waals surface area (Å²) in [5, 5.41) is 19.1. The molecule has 1 aromatic heterocycles. The van der Waals surface area contributed by atoms with E-state index in [1.807, 2.05) is 6.92 Å². The molecule has 0 saturated heterocycles. The fourth-order valence-corrected chi connectivity index (χ4v) is 1.84. The van der Waals surface area contributed by atoms with Crippen LogP contribution in [0.25, 0.3) is 10.9 Å². The molecule has 0 aliphatic carbocycles. The van der Waals surface area contributed by atoms with Gasteiger partial charge in [0.25, 0.3) is 5.56 Å². The number of pyridine rings is 1. The summed E-state index contributed by atoms with van der Waals surface area (Å²) in [6, 6.07) is 5.12. The summed E-state index contributed by atoms with van der Waals surface area (Å²) in [5.41, 5.74) is 0.0721. The molecule has 0 unspecified atom stereocenters. The number of benzene rings is 1. The molecule has 0 saturated carbocycles. The molecule has 1 aromatic carbocycles. The first-order chi connectivity index (χ1) is 7.93. The summed E-state index contributed by atoms with van der Waals surface area (Å²) >= 11 is 0. The van der Waals surface area contributed by atoms with Gasteiger partial charge in [-0.05, 0) is 19.1 Å². The molecule has 0 aliphatic rings. The third-order valence-corrected chi connectivity index (χ3v) is 2.74. The zero-order chi connectivity index (χ0) is 12.7. The van der Waals surface area contributed by atoms with Gasteiger partial charge in [-0.2, -0.15) is 0 Å². The maximum Gasteiger partial charge on any atom is 0.345 e. The van der Waals surface area contributed by atoms with E-state index in [4.69, 9.17) is 5.11 Å². The van der Waals surface area contributed by atoms with Gasteiger partial charge in [-0.3, -0.25) is 4.79 Å². The van der Waals surface area contributed by atoms with Crippen molar-refractivity contribution in [2.75, 3.05) is 0 Å². The van der Waals surface area contributed by atoms with Gasteiger partial charge < -0.3 is 14.8 Å². The van der Waals surface area contributed by atoms with Crippen LogP contribution in [-0.2, 0) is 7.05 Å². The number of fused-ring (bicyclic) bond motifs is 1. The van der Waals surface area contributed by atoms with Gasteiger partial charge in [0.15, 0.2) is 5.56 Å². The van der Waals surface area contributed by atoms with E-state index in [0.29, 0.717) is 10.9 Å². The van der Waals surface area contributed by atoms with Crippen molar-refractivity contribution >= 4 is 16.9 Å². The van der Waals surface area contributed by atoms with Crippen LogP contribution in [0.5, 0.6) is 5.75 Å². The molecule has 17 heavy (non-hydrogen) atoms. The molecule has 88 valence electrons. The molecular weight excluding hydrogens is 222 g/mol. The lowest BCUT2D eigenvalue weighted by molar-refractivity contribution is 0.0691. The molecule has 2 rings (SSSR count). The zero-order valence-corrected chi connectivity index (χ0v) is 9.39. The highest BCUT2D eigenvalue weighted by molar-refractivity contribution is 5.98. The Balaban J connectivity index is 3.06. The number of hydrogen-bond acceptors (Lipinski definition) is 3. The number of aromatic hydroxyl groups is 1. The van der Waals surface area contributed by atoms with Gasteiger partial charge in [0.2, 0.25) is 0 Å². The van der Waals surface area contributed by atoms with Crippen molar-refractivity contribution in [2.45, 2.75) is 6.92 Å². The largest absolute Gasteiger partial charge is 0.506 e. The molecule has 5 heteroatoms. The van der Waals surface area contributed by atoms with E-state index in [1.54, 1.807) is 18.2 Å². The first kappa shape index (κ1) is 11.2. The molecule has 0 spiro atoms. The zero-order valence-electron chi connectivity index (χ0n) is 9.39. The van der Waals surface area contributed by atoms with Crippen molar-refractivity contribution < 1.29 is 15.0 Å². The van der Waals surface area contributed by atoms with E-state index in [2.05, 4.69) is 0 Å². The Hall–Kier alpha value is -2.30. The highest BCUT2D eigenvalue weighted by Crippen LogP contribution is 2.26. The molecule has 2 aromatic rings. The van der Waals surface area contributed by atoms with Crippen LogP contribution >= 0.6 is 0 Å². The Labute approximate surface area is 96.5 Å².